The molecule has 0 aliphatic carbocycles. The molecule has 3 aliphatic heterocycles. The van der Waals surface area contributed by atoms with Gasteiger partial charge in [0.05, 0.1) is 12.9 Å². The van der Waals surface area contributed by atoms with Crippen LogP contribution in [0.1, 0.15) is 30.9 Å². The monoisotopic (exact) mass is 382 g/mol. The topological polar surface area (TPSA) is 170 Å². The minimum absolute atomic E-state index is 0.347. The first-order chi connectivity index (χ1) is 12.9. The molecule has 3 unspecified atom stereocenters. The summed E-state index contributed by atoms with van der Waals surface area (Å²) in [7, 11) is 0. The van der Waals surface area contributed by atoms with Gasteiger partial charge in [-0.3, -0.25) is 14.4 Å². The number of carboxylic acid groups (broad SMARTS) is 1. The summed E-state index contributed by atoms with van der Waals surface area (Å²) >= 11 is 0. The number of nitrogens with zero attached hydrogens (tertiary/aromatic N) is 5. The molecule has 0 saturated carbocycles. The molecule has 3 aliphatic rings. The van der Waals surface area contributed by atoms with Gasteiger partial charge in [-0.05, 0) is 12.8 Å². The molecule has 148 valence electrons. The second-order valence-electron chi connectivity index (χ2n) is 6.82. The van der Waals surface area contributed by atoms with Crippen molar-refractivity contribution in [3.05, 3.63) is 12.0 Å². The Kier molecular flexibility index (Phi) is 4.61. The summed E-state index contributed by atoms with van der Waals surface area (Å²) < 4.78 is 6.96. The van der Waals surface area contributed by atoms with Gasteiger partial charge in [0.25, 0.3) is 0 Å². The molecule has 0 spiro atoms. The average Bonchev–Trinajstić information content (AvgIpc) is 3.35. The Labute approximate surface area is 154 Å². The molecule has 0 aromatic carbocycles. The van der Waals surface area contributed by atoms with Gasteiger partial charge in [-0.15, -0.1) is 0 Å². The number of aromatic nitrogens is 2. The number of fused-ring (bicyclic) bond motifs is 1. The minimum Gasteiger partial charge on any atom is -0.480 e. The van der Waals surface area contributed by atoms with Crippen LogP contribution in [-0.2, 0) is 9.53 Å². The van der Waals surface area contributed by atoms with E-state index in [0.717, 1.165) is 6.42 Å². The summed E-state index contributed by atoms with van der Waals surface area (Å²) in [6.07, 6.45) is -1.05. The lowest BCUT2D eigenvalue weighted by molar-refractivity contribution is -0.147. The van der Waals surface area contributed by atoms with E-state index in [1.54, 1.807) is 10.0 Å². The van der Waals surface area contributed by atoms with Crippen LogP contribution in [-0.4, -0.2) is 89.8 Å². The number of hydrogen-bond acceptors (Lipinski definition) is 10. The summed E-state index contributed by atoms with van der Waals surface area (Å²) in [5.41, 5.74) is 6.69. The lowest BCUT2D eigenvalue weighted by Crippen LogP contribution is -2.52. The fraction of sp³-hybridized carbons (Fsp3) is 0.667. The summed E-state index contributed by atoms with van der Waals surface area (Å²) in [6, 6.07) is -0.674. The van der Waals surface area contributed by atoms with Crippen molar-refractivity contribution >= 4 is 18.1 Å². The molecule has 27 heavy (non-hydrogen) atoms. The second-order valence-corrected chi connectivity index (χ2v) is 6.82. The van der Waals surface area contributed by atoms with E-state index in [1.165, 1.54) is 17.2 Å². The van der Waals surface area contributed by atoms with Crippen LogP contribution in [0.2, 0.25) is 0 Å². The number of aliphatic carboxylic acids is 1. The molecule has 2 fully saturated rings. The van der Waals surface area contributed by atoms with Gasteiger partial charge in [0.15, 0.2) is 12.0 Å². The van der Waals surface area contributed by atoms with Gasteiger partial charge >= 0.3 is 5.97 Å². The van der Waals surface area contributed by atoms with Crippen molar-refractivity contribution in [1.82, 2.24) is 19.6 Å². The van der Waals surface area contributed by atoms with Gasteiger partial charge in [-0.2, -0.15) is 0 Å². The molecule has 2 saturated heterocycles. The van der Waals surface area contributed by atoms with Gasteiger partial charge < -0.3 is 30.9 Å². The minimum atomic E-state index is -1.26. The third kappa shape index (κ3) is 2.81. The predicted molar refractivity (Wildman–Crippen MR) is 89.5 cm³/mol. The number of aliphatic hydroxyl groups is 3. The number of hydrazine groups is 1. The fourth-order valence-corrected chi connectivity index (χ4v) is 3.82. The van der Waals surface area contributed by atoms with Crippen molar-refractivity contribution in [2.75, 3.05) is 13.2 Å². The van der Waals surface area contributed by atoms with Crippen LogP contribution in [0.25, 0.3) is 0 Å². The van der Waals surface area contributed by atoms with Crippen molar-refractivity contribution in [2.24, 2.45) is 10.7 Å². The van der Waals surface area contributed by atoms with Crippen LogP contribution < -0.4 is 5.73 Å². The van der Waals surface area contributed by atoms with E-state index in [4.69, 9.17) is 10.5 Å². The van der Waals surface area contributed by atoms with Crippen molar-refractivity contribution in [3.8, 4) is 0 Å². The van der Waals surface area contributed by atoms with Crippen molar-refractivity contribution in [1.29, 1.82) is 0 Å². The number of rotatable bonds is 4. The number of carbonyl (C=O) groups is 1. The Morgan fingerprint density at radius 3 is 2.81 bits per heavy atom. The molecule has 4 heterocycles. The molecule has 1 aromatic heterocycles. The van der Waals surface area contributed by atoms with Gasteiger partial charge in [0, 0.05) is 6.54 Å². The standard InChI is InChI=1S/C15H22N6O6/c16-12-9-13(18-6-21(12)20-3-1-2-7(20)15(25)26)19(5-17-9)14-11(24)10(23)8(4-22)27-14/h5-8,10-12,14,22-24H,1-4,16H2,(H,25,26)/t7-,8+,10?,11?,12?,14+/m0/s1. The summed E-state index contributed by atoms with van der Waals surface area (Å²) in [5.74, 6) is -0.574. The highest BCUT2D eigenvalue weighted by Gasteiger charge is 2.45. The Morgan fingerprint density at radius 1 is 1.37 bits per heavy atom. The maximum absolute atomic E-state index is 11.4. The number of aliphatic imine (C=N–C) groups is 1. The molecular formula is C15H22N6O6. The van der Waals surface area contributed by atoms with Crippen LogP contribution in [0.3, 0.4) is 0 Å². The van der Waals surface area contributed by atoms with E-state index in [1.807, 2.05) is 0 Å². The van der Waals surface area contributed by atoms with Crippen molar-refractivity contribution in [2.45, 2.75) is 49.6 Å². The first-order valence-electron chi connectivity index (χ1n) is 8.70. The van der Waals surface area contributed by atoms with E-state index in [9.17, 15) is 25.2 Å². The van der Waals surface area contributed by atoms with Crippen LogP contribution >= 0.6 is 0 Å². The van der Waals surface area contributed by atoms with E-state index < -0.39 is 49.3 Å². The molecule has 12 nitrogen and oxygen atoms in total. The van der Waals surface area contributed by atoms with E-state index in [2.05, 4.69) is 9.98 Å². The van der Waals surface area contributed by atoms with Gasteiger partial charge in [-0.25, -0.2) is 15.0 Å². The van der Waals surface area contributed by atoms with Crippen LogP contribution in [0.4, 0.5) is 5.82 Å². The number of carboxylic acids is 1. The summed E-state index contributed by atoms with van der Waals surface area (Å²) in [4.78, 5) is 20.0. The first kappa shape index (κ1) is 18.3. The van der Waals surface area contributed by atoms with Crippen molar-refractivity contribution in [3.63, 3.8) is 0 Å². The smallest absolute Gasteiger partial charge is 0.322 e. The Bertz CT molecular complexity index is 755. The normalized spacial score (nSPS) is 36.4. The highest BCUT2D eigenvalue weighted by atomic mass is 16.6. The summed E-state index contributed by atoms with van der Waals surface area (Å²) in [5, 5.41) is 42.0. The maximum Gasteiger partial charge on any atom is 0.322 e. The maximum atomic E-state index is 11.4. The SMILES string of the molecule is NC1c2ncn([C@@H]3O[C@H](CO)C(O)C3O)c2N=CN1N1CCC[C@H]1C(=O)O. The van der Waals surface area contributed by atoms with Crippen LogP contribution in [0.5, 0.6) is 0 Å². The number of nitrogens with two attached hydrogens (primary N) is 1. The van der Waals surface area contributed by atoms with Crippen LogP contribution in [0.15, 0.2) is 11.3 Å². The second kappa shape index (κ2) is 6.82. The zero-order valence-corrected chi connectivity index (χ0v) is 14.4. The number of hydrogen-bond donors (Lipinski definition) is 5. The first-order valence-corrected chi connectivity index (χ1v) is 8.70. The molecule has 0 amide bonds. The quantitative estimate of drug-likeness (QED) is 0.388. The molecule has 0 radical (unpaired) electrons. The molecule has 1 aromatic rings. The average molecular weight is 382 g/mol. The molecule has 12 heteroatoms. The summed E-state index contributed by atoms with van der Waals surface area (Å²) in [6.45, 7) is 0.106. The van der Waals surface area contributed by atoms with Gasteiger partial charge in [0.2, 0.25) is 0 Å². The van der Waals surface area contributed by atoms with Crippen LogP contribution in [0, 0.1) is 0 Å². The largest absolute Gasteiger partial charge is 0.480 e. The Balaban J connectivity index is 1.60. The number of aliphatic hydroxyl groups excluding tert-OH is 3. The van der Waals surface area contributed by atoms with E-state index in [-0.39, 0.29) is 0 Å². The molecule has 6 N–H and O–H groups in total. The Morgan fingerprint density at radius 2 is 2.15 bits per heavy atom. The van der Waals surface area contributed by atoms with Gasteiger partial charge in [0.1, 0.15) is 42.6 Å². The molecular weight excluding hydrogens is 360 g/mol. The van der Waals surface area contributed by atoms with E-state index in [0.29, 0.717) is 24.5 Å². The lowest BCUT2D eigenvalue weighted by atomic mass is 10.1. The Hall–Kier alpha value is -2.09. The number of imidazole rings is 1. The lowest BCUT2D eigenvalue weighted by Gasteiger charge is -2.38. The zero-order valence-electron chi connectivity index (χ0n) is 14.4. The third-order valence-corrected chi connectivity index (χ3v) is 5.26. The number of ether oxygens (including phenoxy) is 1. The van der Waals surface area contributed by atoms with Crippen molar-refractivity contribution < 1.29 is 30.0 Å². The highest BCUT2D eigenvalue weighted by Crippen LogP contribution is 2.38. The highest BCUT2D eigenvalue weighted by molar-refractivity contribution is 5.74. The predicted octanol–water partition coefficient (Wildman–Crippen LogP) is -2.11. The molecule has 0 bridgehead atoms. The molecule has 4 rings (SSSR count). The molecule has 6 atom stereocenters. The zero-order chi connectivity index (χ0) is 19.3. The van der Waals surface area contributed by atoms with Gasteiger partial charge in [-0.1, -0.05) is 0 Å². The van der Waals surface area contributed by atoms with E-state index >= 15 is 0 Å². The fourth-order valence-electron chi connectivity index (χ4n) is 3.82. The third-order valence-electron chi connectivity index (χ3n) is 5.26.